The standard InChI is InChI=1S/C13H14O3S/c1-8-12(14)7-10(17-8)6-9-4-2-3-5-11(9)13(15)16/h2-5,8,10H,6-7H2,1H3,(H,15,16). The van der Waals surface area contributed by atoms with E-state index in [4.69, 9.17) is 5.11 Å². The van der Waals surface area contributed by atoms with Crippen molar-refractivity contribution in [2.75, 3.05) is 0 Å². The Morgan fingerprint density at radius 1 is 1.47 bits per heavy atom. The first kappa shape index (κ1) is 12.2. The molecule has 1 fully saturated rings. The van der Waals surface area contributed by atoms with Crippen molar-refractivity contribution in [3.05, 3.63) is 35.4 Å². The first-order chi connectivity index (χ1) is 8.08. The fraction of sp³-hybridized carbons (Fsp3) is 0.385. The summed E-state index contributed by atoms with van der Waals surface area (Å²) in [5, 5.41) is 9.34. The monoisotopic (exact) mass is 250 g/mol. The number of carboxylic acids is 1. The summed E-state index contributed by atoms with van der Waals surface area (Å²) in [6.07, 6.45) is 1.21. The number of carbonyl (C=O) groups is 2. The van der Waals surface area contributed by atoms with Gasteiger partial charge < -0.3 is 5.11 Å². The molecule has 0 spiro atoms. The van der Waals surface area contributed by atoms with Gasteiger partial charge in [-0.05, 0) is 25.0 Å². The molecule has 2 rings (SSSR count). The minimum Gasteiger partial charge on any atom is -0.478 e. The van der Waals surface area contributed by atoms with Crippen molar-refractivity contribution in [1.29, 1.82) is 0 Å². The molecule has 1 aromatic carbocycles. The quantitative estimate of drug-likeness (QED) is 0.895. The third kappa shape index (κ3) is 2.69. The smallest absolute Gasteiger partial charge is 0.335 e. The zero-order valence-corrected chi connectivity index (χ0v) is 10.4. The van der Waals surface area contributed by atoms with Crippen molar-refractivity contribution < 1.29 is 14.7 Å². The summed E-state index contributed by atoms with van der Waals surface area (Å²) >= 11 is 1.65. The van der Waals surface area contributed by atoms with Crippen LogP contribution in [0.2, 0.25) is 0 Å². The van der Waals surface area contributed by atoms with Crippen molar-refractivity contribution in [1.82, 2.24) is 0 Å². The lowest BCUT2D eigenvalue weighted by Crippen LogP contribution is -2.09. The molecule has 1 N–H and O–H groups in total. The second kappa shape index (κ2) is 4.92. The number of thioether (sulfide) groups is 1. The number of hydrogen-bond donors (Lipinski definition) is 1. The molecule has 1 aliphatic rings. The molecule has 0 bridgehead atoms. The summed E-state index contributed by atoms with van der Waals surface area (Å²) in [6.45, 7) is 1.91. The van der Waals surface area contributed by atoms with Crippen LogP contribution in [0.3, 0.4) is 0 Å². The molecular weight excluding hydrogens is 236 g/mol. The minimum atomic E-state index is -0.900. The Hall–Kier alpha value is -1.29. The van der Waals surface area contributed by atoms with Gasteiger partial charge in [-0.15, -0.1) is 11.8 Å². The van der Waals surface area contributed by atoms with Crippen molar-refractivity contribution in [2.45, 2.75) is 30.3 Å². The average molecular weight is 250 g/mol. The van der Waals surface area contributed by atoms with Crippen LogP contribution >= 0.6 is 11.8 Å². The highest BCUT2D eigenvalue weighted by atomic mass is 32.2. The van der Waals surface area contributed by atoms with E-state index in [1.807, 2.05) is 19.1 Å². The Morgan fingerprint density at radius 2 is 2.18 bits per heavy atom. The molecule has 1 saturated heterocycles. The zero-order chi connectivity index (χ0) is 12.4. The van der Waals surface area contributed by atoms with Gasteiger partial charge in [0.05, 0.1) is 10.8 Å². The Balaban J connectivity index is 2.14. The van der Waals surface area contributed by atoms with Gasteiger partial charge in [0, 0.05) is 11.7 Å². The van der Waals surface area contributed by atoms with Crippen LogP contribution in [0, 0.1) is 0 Å². The molecule has 0 radical (unpaired) electrons. The van der Waals surface area contributed by atoms with Crippen molar-refractivity contribution in [2.24, 2.45) is 0 Å². The molecule has 0 aromatic heterocycles. The molecule has 17 heavy (non-hydrogen) atoms. The summed E-state index contributed by atoms with van der Waals surface area (Å²) in [7, 11) is 0. The predicted octanol–water partition coefficient (Wildman–Crippen LogP) is 2.39. The second-order valence-corrected chi connectivity index (χ2v) is 5.88. The largest absolute Gasteiger partial charge is 0.478 e. The number of aromatic carboxylic acids is 1. The number of benzene rings is 1. The van der Waals surface area contributed by atoms with Crippen LogP contribution in [-0.4, -0.2) is 27.4 Å². The summed E-state index contributed by atoms with van der Waals surface area (Å²) in [6, 6.07) is 7.01. The van der Waals surface area contributed by atoms with Crippen LogP contribution < -0.4 is 0 Å². The van der Waals surface area contributed by atoms with Gasteiger partial charge in [0.2, 0.25) is 0 Å². The highest BCUT2D eigenvalue weighted by Gasteiger charge is 2.30. The minimum absolute atomic E-state index is 0.0528. The third-order valence-corrected chi connectivity index (χ3v) is 4.36. The van der Waals surface area contributed by atoms with Gasteiger partial charge in [-0.3, -0.25) is 4.79 Å². The fourth-order valence-electron chi connectivity index (χ4n) is 2.08. The number of rotatable bonds is 3. The van der Waals surface area contributed by atoms with Gasteiger partial charge in [0.1, 0.15) is 5.78 Å². The van der Waals surface area contributed by atoms with Crippen LogP contribution in [0.4, 0.5) is 0 Å². The first-order valence-electron chi connectivity index (χ1n) is 5.57. The maximum atomic E-state index is 11.5. The Morgan fingerprint density at radius 3 is 2.76 bits per heavy atom. The molecule has 1 aliphatic heterocycles. The number of carboxylic acid groups (broad SMARTS) is 1. The molecule has 1 aromatic rings. The highest BCUT2D eigenvalue weighted by Crippen LogP contribution is 2.33. The van der Waals surface area contributed by atoms with Crippen molar-refractivity contribution in [3.63, 3.8) is 0 Å². The van der Waals surface area contributed by atoms with Gasteiger partial charge in [-0.1, -0.05) is 18.2 Å². The topological polar surface area (TPSA) is 54.4 Å². The van der Waals surface area contributed by atoms with Gasteiger partial charge >= 0.3 is 5.97 Å². The highest BCUT2D eigenvalue weighted by molar-refractivity contribution is 8.01. The lowest BCUT2D eigenvalue weighted by molar-refractivity contribution is -0.117. The molecule has 2 unspecified atom stereocenters. The number of hydrogen-bond acceptors (Lipinski definition) is 3. The van der Waals surface area contributed by atoms with E-state index in [0.717, 1.165) is 5.56 Å². The molecule has 3 nitrogen and oxygen atoms in total. The number of ketones is 1. The maximum absolute atomic E-state index is 11.5. The van der Waals surface area contributed by atoms with E-state index in [-0.39, 0.29) is 16.3 Å². The van der Waals surface area contributed by atoms with Gasteiger partial charge in [0.25, 0.3) is 0 Å². The summed E-state index contributed by atoms with van der Waals surface area (Å²) in [5.74, 6) is -0.629. The molecule has 1 heterocycles. The second-order valence-electron chi connectivity index (χ2n) is 4.24. The third-order valence-electron chi connectivity index (χ3n) is 2.97. The van der Waals surface area contributed by atoms with Crippen molar-refractivity contribution >= 4 is 23.5 Å². The van der Waals surface area contributed by atoms with Gasteiger partial charge in [-0.2, -0.15) is 0 Å². The summed E-state index contributed by atoms with van der Waals surface area (Å²) in [4.78, 5) is 22.5. The average Bonchev–Trinajstić information content (AvgIpc) is 2.58. The summed E-state index contributed by atoms with van der Waals surface area (Å²) in [5.41, 5.74) is 1.17. The molecule has 0 amide bonds. The van der Waals surface area contributed by atoms with Crippen molar-refractivity contribution in [3.8, 4) is 0 Å². The molecule has 0 aliphatic carbocycles. The van der Waals surface area contributed by atoms with E-state index in [1.165, 1.54) is 0 Å². The fourth-order valence-corrected chi connectivity index (χ4v) is 3.44. The van der Waals surface area contributed by atoms with Crippen LogP contribution in [0.15, 0.2) is 24.3 Å². The Bertz CT molecular complexity index is 456. The number of carbonyl (C=O) groups excluding carboxylic acids is 1. The molecular formula is C13H14O3S. The van der Waals surface area contributed by atoms with Crippen LogP contribution in [0.25, 0.3) is 0 Å². The van der Waals surface area contributed by atoms with Crippen LogP contribution in [0.5, 0.6) is 0 Å². The lowest BCUT2D eigenvalue weighted by Gasteiger charge is -2.10. The lowest BCUT2D eigenvalue weighted by atomic mass is 10.0. The van der Waals surface area contributed by atoms with Crippen LogP contribution in [0.1, 0.15) is 29.3 Å². The van der Waals surface area contributed by atoms with E-state index in [1.54, 1.807) is 23.9 Å². The predicted molar refractivity (Wildman–Crippen MR) is 67.6 cm³/mol. The Kier molecular flexibility index (Phi) is 3.52. The summed E-state index contributed by atoms with van der Waals surface area (Å²) < 4.78 is 0. The van der Waals surface area contributed by atoms with E-state index in [9.17, 15) is 9.59 Å². The van der Waals surface area contributed by atoms with Gasteiger partial charge in [0.15, 0.2) is 0 Å². The first-order valence-corrected chi connectivity index (χ1v) is 6.51. The number of Topliss-reactive ketones (excluding diaryl/α,β-unsaturated/α-hetero) is 1. The SMILES string of the molecule is CC1SC(Cc2ccccc2C(=O)O)CC1=O. The Labute approximate surface area is 104 Å². The van der Waals surface area contributed by atoms with E-state index in [0.29, 0.717) is 18.4 Å². The zero-order valence-electron chi connectivity index (χ0n) is 9.55. The van der Waals surface area contributed by atoms with Gasteiger partial charge in [-0.25, -0.2) is 4.79 Å². The molecule has 4 heteroatoms. The molecule has 90 valence electrons. The van der Waals surface area contributed by atoms with E-state index >= 15 is 0 Å². The van der Waals surface area contributed by atoms with E-state index < -0.39 is 5.97 Å². The maximum Gasteiger partial charge on any atom is 0.335 e. The van der Waals surface area contributed by atoms with E-state index in [2.05, 4.69) is 0 Å². The van der Waals surface area contributed by atoms with Crippen LogP contribution in [-0.2, 0) is 11.2 Å². The normalized spacial score (nSPS) is 23.9. The molecule has 0 saturated carbocycles. The molecule has 2 atom stereocenters.